The monoisotopic (exact) mass is 398 g/mol. The van der Waals surface area contributed by atoms with Crippen LogP contribution in [-0.4, -0.2) is 29.7 Å². The summed E-state index contributed by atoms with van der Waals surface area (Å²) in [7, 11) is 0. The van der Waals surface area contributed by atoms with E-state index in [1.54, 1.807) is 13.0 Å². The number of carbonyl (C=O) groups is 2. The van der Waals surface area contributed by atoms with Crippen molar-refractivity contribution in [3.63, 3.8) is 0 Å². The number of amides is 1. The van der Waals surface area contributed by atoms with E-state index < -0.39 is 5.97 Å². The average Bonchev–Trinajstić information content (AvgIpc) is 3.12. The fourth-order valence-corrected chi connectivity index (χ4v) is 3.97. The molecule has 0 saturated heterocycles. The lowest BCUT2D eigenvalue weighted by atomic mass is 10.1. The molecule has 1 amide bonds. The van der Waals surface area contributed by atoms with Crippen LogP contribution in [0.1, 0.15) is 27.0 Å². The van der Waals surface area contributed by atoms with Crippen LogP contribution in [0.25, 0.3) is 11.3 Å². The Hall–Kier alpha value is -2.64. The number of nitrogens with one attached hydrogen (secondary N) is 1. The molecule has 7 heteroatoms. The van der Waals surface area contributed by atoms with Gasteiger partial charge in [0.05, 0.1) is 17.9 Å². The number of carbonyl (C=O) groups excluding carboxylic acids is 2. The van der Waals surface area contributed by atoms with Gasteiger partial charge >= 0.3 is 5.97 Å². The smallest absolute Gasteiger partial charge is 0.350 e. The second-order valence-corrected chi connectivity index (χ2v) is 7.28. The molecule has 0 bridgehead atoms. The van der Waals surface area contributed by atoms with Crippen molar-refractivity contribution in [3.8, 4) is 11.3 Å². The van der Waals surface area contributed by atoms with Crippen molar-refractivity contribution in [2.24, 2.45) is 0 Å². The van der Waals surface area contributed by atoms with E-state index in [2.05, 4.69) is 10.3 Å². The molecule has 2 aromatic carbocycles. The SMILES string of the molecule is CCOC(=O)c1sc(NC(=O)c2ccccc2SC)nc1-c1ccccc1. The lowest BCUT2D eigenvalue weighted by Gasteiger charge is -2.06. The van der Waals surface area contributed by atoms with Gasteiger partial charge in [-0.25, -0.2) is 9.78 Å². The summed E-state index contributed by atoms with van der Waals surface area (Å²) in [5.41, 5.74) is 1.87. The molecule has 0 spiro atoms. The summed E-state index contributed by atoms with van der Waals surface area (Å²) in [6, 6.07) is 16.7. The zero-order valence-electron chi connectivity index (χ0n) is 14.9. The number of rotatable bonds is 6. The van der Waals surface area contributed by atoms with Crippen molar-refractivity contribution < 1.29 is 14.3 Å². The number of benzene rings is 2. The zero-order chi connectivity index (χ0) is 19.2. The van der Waals surface area contributed by atoms with E-state index >= 15 is 0 Å². The standard InChI is InChI=1S/C20H18N2O3S2/c1-3-25-19(24)17-16(13-9-5-4-6-10-13)21-20(27-17)22-18(23)14-11-7-8-12-15(14)26-2/h4-12H,3H2,1-2H3,(H,21,22,23). The molecule has 0 radical (unpaired) electrons. The molecule has 1 N–H and O–H groups in total. The second kappa shape index (κ2) is 8.83. The molecule has 1 aromatic heterocycles. The van der Waals surface area contributed by atoms with E-state index in [0.717, 1.165) is 21.8 Å². The number of esters is 1. The molecule has 5 nitrogen and oxygen atoms in total. The maximum atomic E-state index is 12.7. The van der Waals surface area contributed by atoms with Crippen LogP contribution in [0.4, 0.5) is 5.13 Å². The van der Waals surface area contributed by atoms with Crippen molar-refractivity contribution in [1.29, 1.82) is 0 Å². The highest BCUT2D eigenvalue weighted by Gasteiger charge is 2.22. The summed E-state index contributed by atoms with van der Waals surface area (Å²) in [6.07, 6.45) is 1.92. The first-order valence-corrected chi connectivity index (χ1v) is 10.4. The summed E-state index contributed by atoms with van der Waals surface area (Å²) >= 11 is 2.61. The number of thiazole rings is 1. The fourth-order valence-electron chi connectivity index (χ4n) is 2.50. The van der Waals surface area contributed by atoms with Gasteiger partial charge in [-0.3, -0.25) is 10.1 Å². The van der Waals surface area contributed by atoms with Crippen LogP contribution in [0, 0.1) is 0 Å². The Kier molecular flexibility index (Phi) is 6.26. The van der Waals surface area contributed by atoms with Gasteiger partial charge in [-0.15, -0.1) is 11.8 Å². The predicted octanol–water partition coefficient (Wildman–Crippen LogP) is 4.96. The van der Waals surface area contributed by atoms with Crippen LogP contribution in [-0.2, 0) is 4.74 Å². The van der Waals surface area contributed by atoms with Crippen LogP contribution in [0.2, 0.25) is 0 Å². The number of hydrogen-bond donors (Lipinski definition) is 1. The van der Waals surface area contributed by atoms with Gasteiger partial charge < -0.3 is 4.74 Å². The van der Waals surface area contributed by atoms with Crippen molar-refractivity contribution in [2.45, 2.75) is 11.8 Å². The quantitative estimate of drug-likeness (QED) is 0.469. The number of thioether (sulfide) groups is 1. The Balaban J connectivity index is 1.94. The van der Waals surface area contributed by atoms with E-state index in [4.69, 9.17) is 4.74 Å². The summed E-state index contributed by atoms with van der Waals surface area (Å²) in [4.78, 5) is 30.7. The second-order valence-electron chi connectivity index (χ2n) is 5.44. The Morgan fingerprint density at radius 1 is 1.11 bits per heavy atom. The van der Waals surface area contributed by atoms with Gasteiger partial charge in [-0.05, 0) is 25.3 Å². The molecule has 3 aromatic rings. The Labute approximate surface area is 165 Å². The van der Waals surface area contributed by atoms with E-state index in [9.17, 15) is 9.59 Å². The molecule has 0 unspecified atom stereocenters. The zero-order valence-corrected chi connectivity index (χ0v) is 16.5. The van der Waals surface area contributed by atoms with E-state index in [1.807, 2.05) is 54.8 Å². The van der Waals surface area contributed by atoms with E-state index in [0.29, 0.717) is 21.3 Å². The van der Waals surface area contributed by atoms with Crippen molar-refractivity contribution in [3.05, 3.63) is 65.0 Å². The van der Waals surface area contributed by atoms with Crippen LogP contribution in [0.3, 0.4) is 0 Å². The molecule has 138 valence electrons. The van der Waals surface area contributed by atoms with Crippen molar-refractivity contribution in [2.75, 3.05) is 18.2 Å². The molecule has 0 saturated carbocycles. The third-order valence-corrected chi connectivity index (χ3v) is 5.45. The van der Waals surface area contributed by atoms with Gasteiger partial charge in [0.1, 0.15) is 4.88 Å². The topological polar surface area (TPSA) is 68.3 Å². The first-order valence-electron chi connectivity index (χ1n) is 8.31. The molecule has 0 atom stereocenters. The highest BCUT2D eigenvalue weighted by atomic mass is 32.2. The minimum Gasteiger partial charge on any atom is -0.462 e. The first-order chi connectivity index (χ1) is 13.1. The fraction of sp³-hybridized carbons (Fsp3) is 0.150. The van der Waals surface area contributed by atoms with Gasteiger partial charge in [-0.2, -0.15) is 0 Å². The normalized spacial score (nSPS) is 10.4. The molecule has 0 aliphatic carbocycles. The third kappa shape index (κ3) is 4.37. The molecule has 1 heterocycles. The van der Waals surface area contributed by atoms with Crippen LogP contribution < -0.4 is 5.32 Å². The molecule has 0 aliphatic rings. The molecular formula is C20H18N2O3S2. The van der Waals surface area contributed by atoms with E-state index in [1.165, 1.54) is 11.8 Å². The molecule has 3 rings (SSSR count). The lowest BCUT2D eigenvalue weighted by Crippen LogP contribution is -2.12. The van der Waals surface area contributed by atoms with Crippen LogP contribution in [0.5, 0.6) is 0 Å². The van der Waals surface area contributed by atoms with Gasteiger partial charge in [0.15, 0.2) is 5.13 Å². The minimum absolute atomic E-state index is 0.260. The summed E-state index contributed by atoms with van der Waals surface area (Å²) in [5, 5.41) is 3.17. The molecule has 0 aliphatic heterocycles. The van der Waals surface area contributed by atoms with Gasteiger partial charge in [0, 0.05) is 10.5 Å². The molecule has 27 heavy (non-hydrogen) atoms. The number of ether oxygens (including phenoxy) is 1. The number of anilines is 1. The first kappa shape index (κ1) is 19.1. The summed E-state index contributed by atoms with van der Waals surface area (Å²) in [5.74, 6) is -0.706. The lowest BCUT2D eigenvalue weighted by molar-refractivity contribution is 0.0532. The third-order valence-electron chi connectivity index (χ3n) is 3.71. The maximum absolute atomic E-state index is 12.7. The van der Waals surface area contributed by atoms with Crippen molar-refractivity contribution in [1.82, 2.24) is 4.98 Å². The Morgan fingerprint density at radius 3 is 2.52 bits per heavy atom. The van der Waals surface area contributed by atoms with E-state index in [-0.39, 0.29) is 12.5 Å². The highest BCUT2D eigenvalue weighted by molar-refractivity contribution is 7.98. The highest BCUT2D eigenvalue weighted by Crippen LogP contribution is 2.32. The molecule has 0 fully saturated rings. The average molecular weight is 399 g/mol. The van der Waals surface area contributed by atoms with Crippen LogP contribution >= 0.6 is 23.1 Å². The predicted molar refractivity (Wildman–Crippen MR) is 110 cm³/mol. The maximum Gasteiger partial charge on any atom is 0.350 e. The minimum atomic E-state index is -0.445. The number of aromatic nitrogens is 1. The largest absolute Gasteiger partial charge is 0.462 e. The molecular weight excluding hydrogens is 380 g/mol. The van der Waals surface area contributed by atoms with Crippen LogP contribution in [0.15, 0.2) is 59.5 Å². The number of nitrogens with zero attached hydrogens (tertiary/aromatic N) is 1. The summed E-state index contributed by atoms with van der Waals surface area (Å²) in [6.45, 7) is 2.02. The number of hydrogen-bond acceptors (Lipinski definition) is 6. The van der Waals surface area contributed by atoms with Gasteiger partial charge in [0.2, 0.25) is 0 Å². The van der Waals surface area contributed by atoms with Crippen molar-refractivity contribution >= 4 is 40.1 Å². The van der Waals surface area contributed by atoms with Gasteiger partial charge in [0.25, 0.3) is 5.91 Å². The Bertz CT molecular complexity index is 955. The Morgan fingerprint density at radius 2 is 1.81 bits per heavy atom. The van der Waals surface area contributed by atoms with Gasteiger partial charge in [-0.1, -0.05) is 53.8 Å². The summed E-state index contributed by atoms with van der Waals surface area (Å²) < 4.78 is 5.14.